The number of amides is 2. The number of rotatable bonds is 7. The normalized spacial score (nSPS) is 13.5. The Hall–Kier alpha value is -5.21. The van der Waals surface area contributed by atoms with Gasteiger partial charge in [-0.15, -0.1) is 0 Å². The van der Waals surface area contributed by atoms with Crippen molar-refractivity contribution in [1.29, 1.82) is 0 Å². The standard InChI is InChI=1S/C28H25N9O4S/c38-28(33-21-8-10-22(11-9-21)42(39,40)36-27-30-13-2-14-31-27)32-20-6-4-19(5-7-20)25-34-23-3-1-12-29-24(23)26(35-25)37-15-17-41-18-16-37/h1-14H,15-18H2,(H,30,31,36)(H2,32,33,38). The fourth-order valence-electron chi connectivity index (χ4n) is 4.32. The SMILES string of the molecule is O=C(Nc1ccc(-c2nc(N3CCOCC3)c3ncccc3n2)cc1)Nc1ccc(S(=O)(=O)Nc2ncccn2)cc1. The molecule has 5 aromatic rings. The number of urea groups is 1. The number of morpholine rings is 1. The molecule has 4 heterocycles. The van der Waals surface area contributed by atoms with Gasteiger partial charge in [-0.2, -0.15) is 0 Å². The average Bonchev–Trinajstić information content (AvgIpc) is 3.02. The number of anilines is 4. The highest BCUT2D eigenvalue weighted by atomic mass is 32.2. The lowest BCUT2D eigenvalue weighted by atomic mass is 10.2. The highest BCUT2D eigenvalue weighted by molar-refractivity contribution is 7.92. The van der Waals surface area contributed by atoms with E-state index in [4.69, 9.17) is 14.7 Å². The van der Waals surface area contributed by atoms with E-state index in [-0.39, 0.29) is 10.8 Å². The molecule has 42 heavy (non-hydrogen) atoms. The Morgan fingerprint density at radius 2 is 1.43 bits per heavy atom. The number of carbonyl (C=O) groups excluding carboxylic acids is 1. The third-order valence-corrected chi connectivity index (χ3v) is 7.71. The van der Waals surface area contributed by atoms with Gasteiger partial charge in [0, 0.05) is 48.6 Å². The summed E-state index contributed by atoms with van der Waals surface area (Å²) in [7, 11) is -3.88. The fourth-order valence-corrected chi connectivity index (χ4v) is 5.28. The van der Waals surface area contributed by atoms with Crippen molar-refractivity contribution in [1.82, 2.24) is 24.9 Å². The molecule has 212 valence electrons. The number of benzene rings is 2. The molecule has 0 unspecified atom stereocenters. The predicted molar refractivity (Wildman–Crippen MR) is 158 cm³/mol. The lowest BCUT2D eigenvalue weighted by Gasteiger charge is -2.28. The van der Waals surface area contributed by atoms with Gasteiger partial charge in [0.15, 0.2) is 11.6 Å². The number of hydrogen-bond donors (Lipinski definition) is 3. The van der Waals surface area contributed by atoms with Gasteiger partial charge in [0.2, 0.25) is 5.95 Å². The molecule has 1 aliphatic heterocycles. The largest absolute Gasteiger partial charge is 0.378 e. The Bertz CT molecular complexity index is 1820. The number of carbonyl (C=O) groups is 1. The number of nitrogens with one attached hydrogen (secondary N) is 3. The van der Waals surface area contributed by atoms with E-state index in [2.05, 4.69) is 35.2 Å². The van der Waals surface area contributed by atoms with Crippen molar-refractivity contribution < 1.29 is 17.9 Å². The van der Waals surface area contributed by atoms with Crippen LogP contribution in [0.3, 0.4) is 0 Å². The van der Waals surface area contributed by atoms with Crippen LogP contribution in [0.4, 0.5) is 27.9 Å². The number of pyridine rings is 1. The maximum atomic E-state index is 12.6. The molecule has 0 aliphatic carbocycles. The molecule has 2 aromatic carbocycles. The lowest BCUT2D eigenvalue weighted by molar-refractivity contribution is 0.122. The molecule has 0 saturated carbocycles. The first kappa shape index (κ1) is 27.0. The number of aromatic nitrogens is 5. The zero-order valence-corrected chi connectivity index (χ0v) is 23.0. The molecular formula is C28H25N9O4S. The third kappa shape index (κ3) is 6.09. The quantitative estimate of drug-likeness (QED) is 0.257. The van der Waals surface area contributed by atoms with Crippen LogP contribution in [0.25, 0.3) is 22.4 Å². The molecule has 1 saturated heterocycles. The van der Waals surface area contributed by atoms with Crippen LogP contribution < -0.4 is 20.3 Å². The minimum atomic E-state index is -3.88. The van der Waals surface area contributed by atoms with Crippen LogP contribution in [0.5, 0.6) is 0 Å². The van der Waals surface area contributed by atoms with Crippen molar-refractivity contribution in [3.05, 3.63) is 85.3 Å². The van der Waals surface area contributed by atoms with E-state index >= 15 is 0 Å². The molecule has 0 atom stereocenters. The number of sulfonamides is 1. The van der Waals surface area contributed by atoms with Crippen molar-refractivity contribution in [2.75, 3.05) is 46.6 Å². The molecule has 2 amide bonds. The van der Waals surface area contributed by atoms with E-state index in [9.17, 15) is 13.2 Å². The molecule has 6 rings (SSSR count). The maximum absolute atomic E-state index is 12.6. The predicted octanol–water partition coefficient (Wildman–Crippen LogP) is 3.76. The molecule has 3 aromatic heterocycles. The third-order valence-electron chi connectivity index (χ3n) is 6.36. The van der Waals surface area contributed by atoms with Gasteiger partial charge in [-0.1, -0.05) is 0 Å². The monoisotopic (exact) mass is 583 g/mol. The van der Waals surface area contributed by atoms with Crippen LogP contribution in [-0.4, -0.2) is 65.7 Å². The first-order valence-corrected chi connectivity index (χ1v) is 14.5. The average molecular weight is 584 g/mol. The summed E-state index contributed by atoms with van der Waals surface area (Å²) in [6.45, 7) is 2.69. The van der Waals surface area contributed by atoms with Crippen LogP contribution in [0.1, 0.15) is 0 Å². The Morgan fingerprint density at radius 3 is 2.12 bits per heavy atom. The van der Waals surface area contributed by atoms with E-state index in [1.54, 1.807) is 24.4 Å². The lowest BCUT2D eigenvalue weighted by Crippen LogP contribution is -2.37. The van der Waals surface area contributed by atoms with Crippen molar-refractivity contribution in [3.63, 3.8) is 0 Å². The van der Waals surface area contributed by atoms with E-state index in [1.807, 2.05) is 24.3 Å². The number of ether oxygens (including phenoxy) is 1. The Morgan fingerprint density at radius 1 is 0.786 bits per heavy atom. The van der Waals surface area contributed by atoms with Gasteiger partial charge in [-0.25, -0.2) is 37.9 Å². The number of fused-ring (bicyclic) bond motifs is 1. The molecule has 0 radical (unpaired) electrons. The van der Waals surface area contributed by atoms with Gasteiger partial charge in [-0.3, -0.25) is 4.98 Å². The molecule has 13 nitrogen and oxygen atoms in total. The molecule has 14 heteroatoms. The summed E-state index contributed by atoms with van der Waals surface area (Å²) >= 11 is 0. The highest BCUT2D eigenvalue weighted by Crippen LogP contribution is 2.27. The Labute approximate surface area is 241 Å². The topological polar surface area (TPSA) is 164 Å². The molecule has 1 aliphatic rings. The Balaban J connectivity index is 1.12. The van der Waals surface area contributed by atoms with Gasteiger partial charge in [0.05, 0.1) is 23.6 Å². The molecular weight excluding hydrogens is 558 g/mol. The zero-order chi connectivity index (χ0) is 28.9. The smallest absolute Gasteiger partial charge is 0.323 e. The minimum Gasteiger partial charge on any atom is -0.378 e. The second kappa shape index (κ2) is 11.7. The number of nitrogens with zero attached hydrogens (tertiary/aromatic N) is 6. The van der Waals surface area contributed by atoms with Crippen molar-refractivity contribution in [2.24, 2.45) is 0 Å². The van der Waals surface area contributed by atoms with E-state index < -0.39 is 16.1 Å². The van der Waals surface area contributed by atoms with Crippen molar-refractivity contribution >= 4 is 50.2 Å². The van der Waals surface area contributed by atoms with Crippen LogP contribution in [-0.2, 0) is 14.8 Å². The molecule has 0 bridgehead atoms. The molecule has 1 fully saturated rings. The Kier molecular flexibility index (Phi) is 7.53. The summed E-state index contributed by atoms with van der Waals surface area (Å²) in [6, 6.07) is 17.7. The first-order chi connectivity index (χ1) is 20.4. The summed E-state index contributed by atoms with van der Waals surface area (Å²) in [5.41, 5.74) is 3.23. The van der Waals surface area contributed by atoms with Crippen LogP contribution in [0.2, 0.25) is 0 Å². The molecule has 3 N–H and O–H groups in total. The zero-order valence-electron chi connectivity index (χ0n) is 22.1. The fraction of sp³-hybridized carbons (Fsp3) is 0.143. The summed E-state index contributed by atoms with van der Waals surface area (Å²) in [6.07, 6.45) is 4.60. The van der Waals surface area contributed by atoms with Gasteiger partial charge in [-0.05, 0) is 66.7 Å². The van der Waals surface area contributed by atoms with Gasteiger partial charge < -0.3 is 20.3 Å². The summed E-state index contributed by atoms with van der Waals surface area (Å²) in [5, 5.41) is 5.46. The maximum Gasteiger partial charge on any atom is 0.323 e. The summed E-state index contributed by atoms with van der Waals surface area (Å²) in [4.78, 5) is 36.5. The molecule has 0 spiro atoms. The van der Waals surface area contributed by atoms with E-state index in [0.717, 1.165) is 35.5 Å². The number of hydrogen-bond acceptors (Lipinski definition) is 10. The second-order valence-electron chi connectivity index (χ2n) is 9.20. The van der Waals surface area contributed by atoms with E-state index in [1.165, 1.54) is 36.7 Å². The van der Waals surface area contributed by atoms with Crippen LogP contribution in [0.15, 0.2) is 90.2 Å². The van der Waals surface area contributed by atoms with E-state index in [0.29, 0.717) is 30.4 Å². The minimum absolute atomic E-state index is 0.0000294. The van der Waals surface area contributed by atoms with Gasteiger partial charge in [0.1, 0.15) is 5.52 Å². The highest BCUT2D eigenvalue weighted by Gasteiger charge is 2.19. The van der Waals surface area contributed by atoms with Crippen LogP contribution in [0, 0.1) is 0 Å². The second-order valence-corrected chi connectivity index (χ2v) is 10.9. The van der Waals surface area contributed by atoms with Gasteiger partial charge >= 0.3 is 6.03 Å². The van der Waals surface area contributed by atoms with Crippen molar-refractivity contribution in [3.8, 4) is 11.4 Å². The van der Waals surface area contributed by atoms with Crippen molar-refractivity contribution in [2.45, 2.75) is 4.90 Å². The van der Waals surface area contributed by atoms with Gasteiger partial charge in [0.25, 0.3) is 10.0 Å². The summed E-state index contributed by atoms with van der Waals surface area (Å²) < 4.78 is 32.9. The van der Waals surface area contributed by atoms with Crippen LogP contribution >= 0.6 is 0 Å². The summed E-state index contributed by atoms with van der Waals surface area (Å²) in [5.74, 6) is 1.28. The first-order valence-electron chi connectivity index (χ1n) is 13.0.